The van der Waals surface area contributed by atoms with E-state index in [-0.39, 0.29) is 17.4 Å². The van der Waals surface area contributed by atoms with Crippen LogP contribution in [0.2, 0.25) is 0 Å². The molecule has 1 heterocycles. The van der Waals surface area contributed by atoms with E-state index in [0.717, 1.165) is 38.9 Å². The molecule has 0 aliphatic carbocycles. The van der Waals surface area contributed by atoms with Gasteiger partial charge < -0.3 is 20.1 Å². The first-order valence-electron chi connectivity index (χ1n) is 7.13. The minimum absolute atomic E-state index is 0.0848. The van der Waals surface area contributed by atoms with Gasteiger partial charge in [-0.25, -0.2) is 0 Å². The quantitative estimate of drug-likeness (QED) is 0.713. The summed E-state index contributed by atoms with van der Waals surface area (Å²) in [6.07, 6.45) is 2.27. The molecule has 19 heavy (non-hydrogen) atoms. The van der Waals surface area contributed by atoms with E-state index in [1.54, 1.807) is 7.11 Å². The van der Waals surface area contributed by atoms with E-state index in [4.69, 9.17) is 4.74 Å². The molecule has 0 spiro atoms. The van der Waals surface area contributed by atoms with Gasteiger partial charge in [0, 0.05) is 45.3 Å². The minimum atomic E-state index is -0.381. The molecule has 1 aliphatic rings. The van der Waals surface area contributed by atoms with Crippen molar-refractivity contribution in [3.05, 3.63) is 0 Å². The van der Waals surface area contributed by atoms with Crippen LogP contribution >= 0.6 is 0 Å². The van der Waals surface area contributed by atoms with Crippen molar-refractivity contribution >= 4 is 5.91 Å². The van der Waals surface area contributed by atoms with E-state index in [1.807, 2.05) is 13.8 Å². The molecule has 2 N–H and O–H groups in total. The van der Waals surface area contributed by atoms with E-state index < -0.39 is 0 Å². The van der Waals surface area contributed by atoms with Crippen LogP contribution < -0.4 is 5.32 Å². The second-order valence-corrected chi connectivity index (χ2v) is 5.96. The fourth-order valence-electron chi connectivity index (χ4n) is 2.18. The first-order valence-corrected chi connectivity index (χ1v) is 7.13. The fraction of sp³-hybridized carbons (Fsp3) is 0.929. The van der Waals surface area contributed by atoms with Gasteiger partial charge in [0.25, 0.3) is 0 Å². The maximum absolute atomic E-state index is 12.0. The highest BCUT2D eigenvalue weighted by molar-refractivity contribution is 5.81. The highest BCUT2D eigenvalue weighted by Gasteiger charge is 2.27. The van der Waals surface area contributed by atoms with Crippen molar-refractivity contribution in [3.63, 3.8) is 0 Å². The van der Waals surface area contributed by atoms with E-state index in [9.17, 15) is 9.90 Å². The van der Waals surface area contributed by atoms with Crippen LogP contribution in [0.4, 0.5) is 0 Å². The van der Waals surface area contributed by atoms with Crippen molar-refractivity contribution in [3.8, 4) is 0 Å². The third-order valence-electron chi connectivity index (χ3n) is 3.82. The maximum atomic E-state index is 12.0. The average Bonchev–Trinajstić information content (AvgIpc) is 2.38. The molecule has 112 valence electrons. The molecule has 1 aliphatic heterocycles. The summed E-state index contributed by atoms with van der Waals surface area (Å²) >= 11 is 0. The van der Waals surface area contributed by atoms with Crippen LogP contribution in [-0.2, 0) is 9.53 Å². The topological polar surface area (TPSA) is 61.8 Å². The number of hydrogen-bond donors (Lipinski definition) is 2. The van der Waals surface area contributed by atoms with Crippen LogP contribution in [0, 0.1) is 5.41 Å². The lowest BCUT2D eigenvalue weighted by atomic mass is 9.88. The number of hydrogen-bond acceptors (Lipinski definition) is 4. The Morgan fingerprint density at radius 1 is 1.42 bits per heavy atom. The number of methoxy groups -OCH3 is 1. The second-order valence-electron chi connectivity index (χ2n) is 5.96. The van der Waals surface area contributed by atoms with Crippen LogP contribution in [0.25, 0.3) is 0 Å². The zero-order valence-corrected chi connectivity index (χ0v) is 12.4. The molecule has 0 aromatic carbocycles. The lowest BCUT2D eigenvalue weighted by Gasteiger charge is -2.30. The largest absolute Gasteiger partial charge is 0.393 e. The Kier molecular flexibility index (Phi) is 6.75. The van der Waals surface area contributed by atoms with Gasteiger partial charge in [-0.2, -0.15) is 0 Å². The molecule has 0 aromatic heterocycles. The minimum Gasteiger partial charge on any atom is -0.393 e. The van der Waals surface area contributed by atoms with Crippen molar-refractivity contribution < 1.29 is 14.6 Å². The van der Waals surface area contributed by atoms with Gasteiger partial charge >= 0.3 is 0 Å². The molecule has 1 rings (SSSR count). The van der Waals surface area contributed by atoms with Gasteiger partial charge in [0.05, 0.1) is 6.10 Å². The molecule has 0 aromatic rings. The Labute approximate surface area is 116 Å². The number of nitrogens with one attached hydrogen (secondary N) is 1. The van der Waals surface area contributed by atoms with Crippen molar-refractivity contribution in [2.24, 2.45) is 5.41 Å². The van der Waals surface area contributed by atoms with Gasteiger partial charge in [0.2, 0.25) is 5.91 Å². The zero-order chi connectivity index (χ0) is 14.3. The molecule has 0 atom stereocenters. The molecular formula is C14H28N2O3. The number of aliphatic hydroxyl groups is 1. The highest BCUT2D eigenvalue weighted by Crippen LogP contribution is 2.20. The van der Waals surface area contributed by atoms with Crippen molar-refractivity contribution in [2.75, 3.05) is 39.9 Å². The summed E-state index contributed by atoms with van der Waals surface area (Å²) in [5.74, 6) is 0.0848. The normalized spacial score (nSPS) is 18.5. The van der Waals surface area contributed by atoms with Gasteiger partial charge in [-0.1, -0.05) is 13.8 Å². The lowest BCUT2D eigenvalue weighted by molar-refractivity contribution is -0.130. The molecule has 1 fully saturated rings. The molecular weight excluding hydrogens is 244 g/mol. The van der Waals surface area contributed by atoms with E-state index in [1.165, 1.54) is 0 Å². The fourth-order valence-corrected chi connectivity index (χ4v) is 2.18. The summed E-state index contributed by atoms with van der Waals surface area (Å²) in [5, 5.41) is 12.4. The lowest BCUT2D eigenvalue weighted by Crippen LogP contribution is -2.44. The standard InChI is InChI=1S/C14H28N2O3/c1-14(2,6-11-19-3)13(18)15-7-10-16-8-4-12(17)5-9-16/h12,17H,4-11H2,1-3H3,(H,15,18). The van der Waals surface area contributed by atoms with Crippen LogP contribution in [0.5, 0.6) is 0 Å². The molecule has 0 bridgehead atoms. The third kappa shape index (κ3) is 5.89. The van der Waals surface area contributed by atoms with Crippen LogP contribution in [0.1, 0.15) is 33.1 Å². The number of likely N-dealkylation sites (tertiary alicyclic amines) is 1. The number of piperidine rings is 1. The summed E-state index contributed by atoms with van der Waals surface area (Å²) in [7, 11) is 1.65. The van der Waals surface area contributed by atoms with Crippen molar-refractivity contribution in [2.45, 2.75) is 39.2 Å². The molecule has 0 saturated carbocycles. The van der Waals surface area contributed by atoms with Crippen LogP contribution in [0.3, 0.4) is 0 Å². The summed E-state index contributed by atoms with van der Waals surface area (Å²) in [4.78, 5) is 14.3. The zero-order valence-electron chi connectivity index (χ0n) is 12.4. The van der Waals surface area contributed by atoms with Gasteiger partial charge in [0.15, 0.2) is 0 Å². The Morgan fingerprint density at radius 2 is 2.05 bits per heavy atom. The highest BCUT2D eigenvalue weighted by atomic mass is 16.5. The number of aliphatic hydroxyl groups excluding tert-OH is 1. The summed E-state index contributed by atoms with van der Waals surface area (Å²) < 4.78 is 5.03. The van der Waals surface area contributed by atoms with E-state index in [0.29, 0.717) is 13.2 Å². The van der Waals surface area contributed by atoms with Gasteiger partial charge in [-0.3, -0.25) is 4.79 Å². The molecule has 5 nitrogen and oxygen atoms in total. The molecule has 1 saturated heterocycles. The summed E-state index contributed by atoms with van der Waals surface area (Å²) in [6.45, 7) is 7.86. The first-order chi connectivity index (χ1) is 8.95. The van der Waals surface area contributed by atoms with Gasteiger partial charge in [-0.05, 0) is 19.3 Å². The Morgan fingerprint density at radius 3 is 2.63 bits per heavy atom. The SMILES string of the molecule is COCCC(C)(C)C(=O)NCCN1CCC(O)CC1. The van der Waals surface area contributed by atoms with Gasteiger partial charge in [0.1, 0.15) is 0 Å². The molecule has 0 unspecified atom stereocenters. The molecule has 1 amide bonds. The van der Waals surface area contributed by atoms with Crippen molar-refractivity contribution in [1.82, 2.24) is 10.2 Å². The Balaban J connectivity index is 2.19. The number of carbonyl (C=O) groups excluding carboxylic acids is 1. The number of nitrogens with zero attached hydrogens (tertiary/aromatic N) is 1. The maximum Gasteiger partial charge on any atom is 0.225 e. The van der Waals surface area contributed by atoms with E-state index >= 15 is 0 Å². The number of rotatable bonds is 7. The monoisotopic (exact) mass is 272 g/mol. The number of ether oxygens (including phenoxy) is 1. The Hall–Kier alpha value is -0.650. The van der Waals surface area contributed by atoms with Crippen LogP contribution in [0.15, 0.2) is 0 Å². The smallest absolute Gasteiger partial charge is 0.225 e. The molecule has 5 heteroatoms. The first kappa shape index (κ1) is 16.4. The number of amides is 1. The van der Waals surface area contributed by atoms with Crippen LogP contribution in [-0.4, -0.2) is 61.9 Å². The third-order valence-corrected chi connectivity index (χ3v) is 3.82. The summed E-state index contributed by atoms with van der Waals surface area (Å²) in [5.41, 5.74) is -0.381. The molecule has 0 radical (unpaired) electrons. The van der Waals surface area contributed by atoms with E-state index in [2.05, 4.69) is 10.2 Å². The summed E-state index contributed by atoms with van der Waals surface area (Å²) in [6, 6.07) is 0. The Bertz CT molecular complexity index is 274. The van der Waals surface area contributed by atoms with Gasteiger partial charge in [-0.15, -0.1) is 0 Å². The van der Waals surface area contributed by atoms with Crippen molar-refractivity contribution in [1.29, 1.82) is 0 Å². The average molecular weight is 272 g/mol. The predicted octanol–water partition coefficient (Wildman–Crippen LogP) is 0.622. The number of carbonyl (C=O) groups is 1. The second kappa shape index (κ2) is 7.82. The predicted molar refractivity (Wildman–Crippen MR) is 75.0 cm³/mol.